The first kappa shape index (κ1) is 11.0. The first-order valence-corrected chi connectivity index (χ1v) is 5.10. The van der Waals surface area contributed by atoms with E-state index in [0.29, 0.717) is 5.92 Å². The molecule has 1 fully saturated rings. The van der Waals surface area contributed by atoms with Gasteiger partial charge in [0.15, 0.2) is 0 Å². The minimum absolute atomic E-state index is 0.176. The highest BCUT2D eigenvalue weighted by Gasteiger charge is 2.23. The van der Waals surface area contributed by atoms with Crippen LogP contribution < -0.4 is 5.32 Å². The van der Waals surface area contributed by atoms with Gasteiger partial charge in [0, 0.05) is 6.04 Å². The molecule has 0 bridgehead atoms. The summed E-state index contributed by atoms with van der Waals surface area (Å²) in [7, 11) is 0. The number of aliphatic carboxylic acids is 1. The van der Waals surface area contributed by atoms with Crippen molar-refractivity contribution in [2.45, 2.75) is 45.1 Å². The van der Waals surface area contributed by atoms with E-state index >= 15 is 0 Å². The Morgan fingerprint density at radius 3 is 2.57 bits per heavy atom. The van der Waals surface area contributed by atoms with Gasteiger partial charge in [0.2, 0.25) is 5.91 Å². The molecule has 0 heterocycles. The van der Waals surface area contributed by atoms with Crippen molar-refractivity contribution >= 4 is 11.9 Å². The van der Waals surface area contributed by atoms with E-state index in [9.17, 15) is 9.59 Å². The third-order valence-corrected chi connectivity index (χ3v) is 2.77. The molecule has 0 spiro atoms. The highest BCUT2D eigenvalue weighted by molar-refractivity contribution is 5.93. The highest BCUT2D eigenvalue weighted by atomic mass is 16.4. The molecule has 4 heteroatoms. The molecule has 2 unspecified atom stereocenters. The minimum Gasteiger partial charge on any atom is -0.481 e. The monoisotopic (exact) mass is 199 g/mol. The zero-order valence-electron chi connectivity index (χ0n) is 8.45. The Morgan fingerprint density at radius 2 is 2.00 bits per heavy atom. The zero-order valence-corrected chi connectivity index (χ0v) is 8.45. The van der Waals surface area contributed by atoms with Gasteiger partial charge in [-0.3, -0.25) is 9.59 Å². The van der Waals surface area contributed by atoms with Crippen LogP contribution in [0.15, 0.2) is 0 Å². The number of hydrogen-bond acceptors (Lipinski definition) is 2. The largest absolute Gasteiger partial charge is 0.481 e. The van der Waals surface area contributed by atoms with Crippen LogP contribution in [0.1, 0.15) is 39.0 Å². The molecule has 1 rings (SSSR count). The first-order valence-electron chi connectivity index (χ1n) is 5.10. The van der Waals surface area contributed by atoms with E-state index in [2.05, 4.69) is 12.2 Å². The van der Waals surface area contributed by atoms with Gasteiger partial charge in [0.05, 0.1) is 0 Å². The second-order valence-corrected chi connectivity index (χ2v) is 4.01. The quantitative estimate of drug-likeness (QED) is 0.670. The number of nitrogens with one attached hydrogen (secondary N) is 1. The number of carbonyl (C=O) groups excluding carboxylic acids is 1. The second-order valence-electron chi connectivity index (χ2n) is 4.01. The van der Waals surface area contributed by atoms with Crippen LogP contribution in [0.2, 0.25) is 0 Å². The molecule has 0 aromatic heterocycles. The van der Waals surface area contributed by atoms with Gasteiger partial charge in [0.1, 0.15) is 6.42 Å². The van der Waals surface area contributed by atoms with Gasteiger partial charge in [0.25, 0.3) is 0 Å². The van der Waals surface area contributed by atoms with Gasteiger partial charge in [-0.05, 0) is 18.8 Å². The summed E-state index contributed by atoms with van der Waals surface area (Å²) in [6, 6.07) is 0.176. The molecule has 2 atom stereocenters. The molecule has 0 radical (unpaired) electrons. The van der Waals surface area contributed by atoms with Crippen LogP contribution in [-0.2, 0) is 9.59 Å². The lowest BCUT2D eigenvalue weighted by molar-refractivity contribution is -0.141. The summed E-state index contributed by atoms with van der Waals surface area (Å²) in [6.45, 7) is 2.10. The normalized spacial score (nSPS) is 26.9. The van der Waals surface area contributed by atoms with Gasteiger partial charge in [-0.25, -0.2) is 0 Å². The summed E-state index contributed by atoms with van der Waals surface area (Å²) in [5, 5.41) is 11.2. The summed E-state index contributed by atoms with van der Waals surface area (Å²) in [5.74, 6) is -0.955. The maximum atomic E-state index is 11.2. The summed E-state index contributed by atoms with van der Waals surface area (Å²) in [5.41, 5.74) is 0. The molecular formula is C10H17NO3. The van der Waals surface area contributed by atoms with E-state index in [1.54, 1.807) is 0 Å². The van der Waals surface area contributed by atoms with Gasteiger partial charge in [-0.1, -0.05) is 19.8 Å². The zero-order chi connectivity index (χ0) is 10.6. The van der Waals surface area contributed by atoms with Crippen molar-refractivity contribution in [3.8, 4) is 0 Å². The predicted molar refractivity (Wildman–Crippen MR) is 51.8 cm³/mol. The molecule has 0 aliphatic heterocycles. The lowest BCUT2D eigenvalue weighted by Crippen LogP contribution is -2.41. The van der Waals surface area contributed by atoms with E-state index in [0.717, 1.165) is 19.3 Å². The molecule has 1 aliphatic carbocycles. The van der Waals surface area contributed by atoms with Crippen LogP contribution in [0.3, 0.4) is 0 Å². The molecule has 0 saturated heterocycles. The Labute approximate surface area is 83.7 Å². The summed E-state index contributed by atoms with van der Waals surface area (Å²) in [4.78, 5) is 21.4. The fraction of sp³-hybridized carbons (Fsp3) is 0.800. The Morgan fingerprint density at radius 1 is 1.36 bits per heavy atom. The van der Waals surface area contributed by atoms with Crippen molar-refractivity contribution in [2.75, 3.05) is 0 Å². The van der Waals surface area contributed by atoms with Crippen molar-refractivity contribution in [3.05, 3.63) is 0 Å². The summed E-state index contributed by atoms with van der Waals surface area (Å²) < 4.78 is 0. The number of carboxylic acids is 1. The molecule has 80 valence electrons. The number of hydrogen-bond donors (Lipinski definition) is 2. The molecule has 0 aromatic rings. The molecule has 2 N–H and O–H groups in total. The predicted octanol–water partition coefficient (Wildman–Crippen LogP) is 1.16. The Balaban J connectivity index is 2.34. The fourth-order valence-corrected chi connectivity index (χ4v) is 1.93. The van der Waals surface area contributed by atoms with Crippen molar-refractivity contribution in [2.24, 2.45) is 5.92 Å². The lowest BCUT2D eigenvalue weighted by atomic mass is 9.86. The average Bonchev–Trinajstić information content (AvgIpc) is 2.07. The van der Waals surface area contributed by atoms with E-state index < -0.39 is 12.4 Å². The van der Waals surface area contributed by atoms with Gasteiger partial charge < -0.3 is 10.4 Å². The van der Waals surface area contributed by atoms with Crippen molar-refractivity contribution in [1.29, 1.82) is 0 Å². The third kappa shape index (κ3) is 3.36. The van der Waals surface area contributed by atoms with Crippen LogP contribution in [0.25, 0.3) is 0 Å². The van der Waals surface area contributed by atoms with Gasteiger partial charge in [-0.15, -0.1) is 0 Å². The smallest absolute Gasteiger partial charge is 0.312 e. The Bertz CT molecular complexity index is 227. The minimum atomic E-state index is -1.06. The van der Waals surface area contributed by atoms with Crippen molar-refractivity contribution < 1.29 is 14.7 Å². The first-order chi connectivity index (χ1) is 6.59. The second kappa shape index (κ2) is 4.98. The number of carboxylic acid groups (broad SMARTS) is 1. The van der Waals surface area contributed by atoms with Crippen LogP contribution >= 0.6 is 0 Å². The van der Waals surface area contributed by atoms with E-state index in [-0.39, 0.29) is 11.9 Å². The maximum Gasteiger partial charge on any atom is 0.312 e. The van der Waals surface area contributed by atoms with E-state index in [1.165, 1.54) is 6.42 Å². The van der Waals surface area contributed by atoms with Crippen molar-refractivity contribution in [3.63, 3.8) is 0 Å². The van der Waals surface area contributed by atoms with E-state index in [1.807, 2.05) is 0 Å². The fourth-order valence-electron chi connectivity index (χ4n) is 1.93. The number of carbonyl (C=O) groups is 2. The molecule has 14 heavy (non-hydrogen) atoms. The highest BCUT2D eigenvalue weighted by Crippen LogP contribution is 2.23. The van der Waals surface area contributed by atoms with E-state index in [4.69, 9.17) is 5.11 Å². The molecule has 1 saturated carbocycles. The Hall–Kier alpha value is -1.06. The molecule has 0 aromatic carbocycles. The van der Waals surface area contributed by atoms with Gasteiger partial charge >= 0.3 is 5.97 Å². The molecule has 4 nitrogen and oxygen atoms in total. The Kier molecular flexibility index (Phi) is 3.92. The lowest BCUT2D eigenvalue weighted by Gasteiger charge is -2.29. The molecule has 1 amide bonds. The third-order valence-electron chi connectivity index (χ3n) is 2.77. The average molecular weight is 199 g/mol. The topological polar surface area (TPSA) is 66.4 Å². The van der Waals surface area contributed by atoms with Crippen LogP contribution in [0.5, 0.6) is 0 Å². The molecular weight excluding hydrogens is 182 g/mol. The number of amides is 1. The van der Waals surface area contributed by atoms with Crippen LogP contribution in [-0.4, -0.2) is 23.0 Å². The summed E-state index contributed by atoms with van der Waals surface area (Å²) in [6.07, 6.45) is 4.03. The SMILES string of the molecule is CC1CCCCC1NC(=O)CC(=O)O. The maximum absolute atomic E-state index is 11.2. The van der Waals surface area contributed by atoms with Gasteiger partial charge in [-0.2, -0.15) is 0 Å². The van der Waals surface area contributed by atoms with Crippen LogP contribution in [0, 0.1) is 5.92 Å². The molecule has 1 aliphatic rings. The van der Waals surface area contributed by atoms with Crippen molar-refractivity contribution in [1.82, 2.24) is 5.32 Å². The standard InChI is InChI=1S/C10H17NO3/c1-7-4-2-3-5-8(7)11-9(12)6-10(13)14/h7-8H,2-6H2,1H3,(H,11,12)(H,13,14). The summed E-state index contributed by atoms with van der Waals surface area (Å²) >= 11 is 0. The number of rotatable bonds is 3. The van der Waals surface area contributed by atoms with Crippen LogP contribution in [0.4, 0.5) is 0 Å².